The van der Waals surface area contributed by atoms with Crippen LogP contribution < -0.4 is 0 Å². The van der Waals surface area contributed by atoms with Gasteiger partial charge in [0.15, 0.2) is 5.69 Å². The number of aliphatic hydroxyl groups is 1. The summed E-state index contributed by atoms with van der Waals surface area (Å²) in [5.74, 6) is 0. The van der Waals surface area contributed by atoms with Crippen LogP contribution in [-0.4, -0.2) is 31.5 Å². The van der Waals surface area contributed by atoms with E-state index in [1.165, 1.54) is 17.1 Å². The molecule has 8 heteroatoms. The van der Waals surface area contributed by atoms with Crippen LogP contribution >= 0.6 is 0 Å². The van der Waals surface area contributed by atoms with E-state index in [2.05, 4.69) is 15.1 Å². The zero-order valence-corrected chi connectivity index (χ0v) is 11.4. The molecular formula is C14H13F3N4O. The van der Waals surface area contributed by atoms with Crippen LogP contribution in [0.3, 0.4) is 0 Å². The zero-order chi connectivity index (χ0) is 15.7. The molecule has 0 radical (unpaired) electrons. The fourth-order valence-corrected chi connectivity index (χ4v) is 2.37. The van der Waals surface area contributed by atoms with Gasteiger partial charge in [-0.1, -0.05) is 0 Å². The Morgan fingerprint density at radius 1 is 1.27 bits per heavy atom. The Morgan fingerprint density at radius 2 is 2.09 bits per heavy atom. The van der Waals surface area contributed by atoms with Crippen LogP contribution in [0, 0.1) is 0 Å². The molecule has 0 atom stereocenters. The molecule has 0 spiro atoms. The van der Waals surface area contributed by atoms with Gasteiger partial charge < -0.3 is 10.1 Å². The first-order valence-electron chi connectivity index (χ1n) is 6.70. The maximum atomic E-state index is 13.1. The fraction of sp³-hybridized carbons (Fsp3) is 0.286. The molecule has 0 bridgehead atoms. The lowest BCUT2D eigenvalue weighted by Gasteiger charge is -2.05. The fourth-order valence-electron chi connectivity index (χ4n) is 2.37. The molecule has 0 saturated carbocycles. The predicted molar refractivity (Wildman–Crippen MR) is 73.6 cm³/mol. The number of hydrogen-bond donors (Lipinski definition) is 2. The highest BCUT2D eigenvalue weighted by Crippen LogP contribution is 2.32. The summed E-state index contributed by atoms with van der Waals surface area (Å²) in [6.07, 6.45) is 0.385. The van der Waals surface area contributed by atoms with Gasteiger partial charge in [-0.25, -0.2) is 9.67 Å². The van der Waals surface area contributed by atoms with Crippen molar-refractivity contribution < 1.29 is 18.3 Å². The molecule has 0 aromatic carbocycles. The maximum absolute atomic E-state index is 13.1. The van der Waals surface area contributed by atoms with Crippen molar-refractivity contribution in [1.29, 1.82) is 0 Å². The first-order chi connectivity index (χ1) is 10.5. The van der Waals surface area contributed by atoms with Gasteiger partial charge in [-0.15, -0.1) is 0 Å². The summed E-state index contributed by atoms with van der Waals surface area (Å²) < 4.78 is 40.5. The number of aromatic amines is 1. The van der Waals surface area contributed by atoms with Gasteiger partial charge in [0, 0.05) is 36.1 Å². The molecule has 3 aromatic rings. The molecule has 0 aliphatic rings. The number of nitrogens with zero attached hydrogens (tertiary/aromatic N) is 3. The molecule has 5 nitrogen and oxygen atoms in total. The van der Waals surface area contributed by atoms with Crippen LogP contribution in [0.1, 0.15) is 17.7 Å². The molecule has 3 aromatic heterocycles. The number of nitrogens with one attached hydrogen (secondary N) is 1. The number of hydrogen-bond acceptors (Lipinski definition) is 3. The third-order valence-electron chi connectivity index (χ3n) is 3.35. The summed E-state index contributed by atoms with van der Waals surface area (Å²) in [4.78, 5) is 7.01. The van der Waals surface area contributed by atoms with Crippen LogP contribution in [0.15, 0.2) is 30.7 Å². The summed E-state index contributed by atoms with van der Waals surface area (Å²) in [5.41, 5.74) is 0.258. The van der Waals surface area contributed by atoms with Crippen LogP contribution in [0.2, 0.25) is 0 Å². The average Bonchev–Trinajstić information content (AvgIpc) is 3.10. The summed E-state index contributed by atoms with van der Waals surface area (Å²) in [6.45, 7) is -0.167. The monoisotopic (exact) mass is 310 g/mol. The SMILES string of the molecule is OCCCc1cn(-c2ccnc3[nH]ccc23)nc1C(F)(F)F. The van der Waals surface area contributed by atoms with Crippen LogP contribution in [0.25, 0.3) is 16.7 Å². The van der Waals surface area contributed by atoms with Crippen molar-refractivity contribution in [2.24, 2.45) is 0 Å². The molecule has 0 saturated heterocycles. The Kier molecular flexibility index (Phi) is 3.61. The number of pyridine rings is 1. The lowest BCUT2D eigenvalue weighted by molar-refractivity contribution is -0.142. The van der Waals surface area contributed by atoms with Gasteiger partial charge in [0.05, 0.1) is 5.69 Å². The average molecular weight is 310 g/mol. The predicted octanol–water partition coefficient (Wildman–Crippen LogP) is 2.69. The van der Waals surface area contributed by atoms with Gasteiger partial charge in [-0.3, -0.25) is 0 Å². The summed E-state index contributed by atoms with van der Waals surface area (Å²) >= 11 is 0. The molecule has 3 rings (SSSR count). The van der Waals surface area contributed by atoms with E-state index in [1.807, 2.05) is 0 Å². The van der Waals surface area contributed by atoms with E-state index in [4.69, 9.17) is 5.11 Å². The Labute approximate surface area is 123 Å². The van der Waals surface area contributed by atoms with E-state index in [9.17, 15) is 13.2 Å². The third-order valence-corrected chi connectivity index (χ3v) is 3.35. The minimum atomic E-state index is -4.53. The number of aromatic nitrogens is 4. The first kappa shape index (κ1) is 14.6. The Bertz CT molecular complexity index is 791. The van der Waals surface area contributed by atoms with Gasteiger partial charge in [0.25, 0.3) is 0 Å². The highest BCUT2D eigenvalue weighted by atomic mass is 19.4. The van der Waals surface area contributed by atoms with Crippen molar-refractivity contribution in [3.63, 3.8) is 0 Å². The number of H-pyrrole nitrogens is 1. The molecule has 0 aliphatic heterocycles. The number of alkyl halides is 3. The van der Waals surface area contributed by atoms with E-state index < -0.39 is 11.9 Å². The quantitative estimate of drug-likeness (QED) is 0.778. The number of rotatable bonds is 4. The molecule has 0 aliphatic carbocycles. The van der Waals surface area contributed by atoms with Gasteiger partial charge >= 0.3 is 6.18 Å². The number of halogens is 3. The van der Waals surface area contributed by atoms with E-state index in [1.54, 1.807) is 18.3 Å². The molecule has 2 N–H and O–H groups in total. The van der Waals surface area contributed by atoms with Crippen LogP contribution in [0.5, 0.6) is 0 Å². The van der Waals surface area contributed by atoms with Gasteiger partial charge in [-0.05, 0) is 25.0 Å². The number of fused-ring (bicyclic) bond motifs is 1. The van der Waals surface area contributed by atoms with Crippen molar-refractivity contribution in [3.05, 3.63) is 42.0 Å². The van der Waals surface area contributed by atoms with Crippen LogP contribution in [0.4, 0.5) is 13.2 Å². The van der Waals surface area contributed by atoms with Gasteiger partial charge in [0.1, 0.15) is 5.65 Å². The van der Waals surface area contributed by atoms with Crippen molar-refractivity contribution in [3.8, 4) is 5.69 Å². The lowest BCUT2D eigenvalue weighted by Crippen LogP contribution is -2.10. The van der Waals surface area contributed by atoms with E-state index in [-0.39, 0.29) is 25.0 Å². The largest absolute Gasteiger partial charge is 0.435 e. The molecule has 3 heterocycles. The molecule has 0 unspecified atom stereocenters. The molecule has 22 heavy (non-hydrogen) atoms. The van der Waals surface area contributed by atoms with Crippen molar-refractivity contribution in [1.82, 2.24) is 19.7 Å². The second-order valence-corrected chi connectivity index (χ2v) is 4.84. The zero-order valence-electron chi connectivity index (χ0n) is 11.4. The first-order valence-corrected chi connectivity index (χ1v) is 6.70. The third kappa shape index (κ3) is 2.57. The Hall–Kier alpha value is -2.35. The highest BCUT2D eigenvalue weighted by Gasteiger charge is 2.37. The lowest BCUT2D eigenvalue weighted by atomic mass is 10.1. The van der Waals surface area contributed by atoms with Crippen molar-refractivity contribution in [2.75, 3.05) is 6.61 Å². The summed E-state index contributed by atoms with van der Waals surface area (Å²) in [5, 5.41) is 13.2. The normalized spacial score (nSPS) is 12.2. The van der Waals surface area contributed by atoms with Crippen LogP contribution in [-0.2, 0) is 12.6 Å². The van der Waals surface area contributed by atoms with Crippen molar-refractivity contribution >= 4 is 11.0 Å². The van der Waals surface area contributed by atoms with E-state index in [0.29, 0.717) is 16.7 Å². The summed E-state index contributed by atoms with van der Waals surface area (Å²) in [7, 11) is 0. The maximum Gasteiger partial charge on any atom is 0.435 e. The van der Waals surface area contributed by atoms with E-state index >= 15 is 0 Å². The molecular weight excluding hydrogens is 297 g/mol. The molecule has 116 valence electrons. The highest BCUT2D eigenvalue weighted by molar-refractivity contribution is 5.84. The topological polar surface area (TPSA) is 66.7 Å². The Morgan fingerprint density at radius 3 is 2.82 bits per heavy atom. The number of aliphatic hydroxyl groups excluding tert-OH is 1. The number of aryl methyl sites for hydroxylation is 1. The Balaban J connectivity index is 2.11. The molecule has 0 amide bonds. The smallest absolute Gasteiger partial charge is 0.396 e. The second kappa shape index (κ2) is 5.45. The van der Waals surface area contributed by atoms with Gasteiger partial charge in [0.2, 0.25) is 0 Å². The standard InChI is InChI=1S/C14H13F3N4O/c15-14(16,17)12-9(2-1-7-22)8-21(20-12)11-4-6-19-13-10(11)3-5-18-13/h3-6,8,22H,1-2,7H2,(H,18,19). The van der Waals surface area contributed by atoms with E-state index in [0.717, 1.165) is 0 Å². The molecule has 0 fully saturated rings. The van der Waals surface area contributed by atoms with Gasteiger partial charge in [-0.2, -0.15) is 18.3 Å². The van der Waals surface area contributed by atoms with Crippen molar-refractivity contribution in [2.45, 2.75) is 19.0 Å². The summed E-state index contributed by atoms with van der Waals surface area (Å²) in [6, 6.07) is 3.35. The second-order valence-electron chi connectivity index (χ2n) is 4.84. The minimum Gasteiger partial charge on any atom is -0.396 e. The minimum absolute atomic E-state index is 0.0713.